The fraction of sp³-hybridized carbons (Fsp3) is 0.192. The highest BCUT2D eigenvalue weighted by molar-refractivity contribution is 5.97. The lowest BCUT2D eigenvalue weighted by Crippen LogP contribution is -2.25. The molecule has 0 saturated heterocycles. The Morgan fingerprint density at radius 3 is 2.78 bits per heavy atom. The molecule has 0 saturated carbocycles. The number of carbonyl (C=O) groups is 1. The molecule has 2 N–H and O–H groups in total. The predicted molar refractivity (Wildman–Crippen MR) is 125 cm³/mol. The number of carbonyl (C=O) groups excluding carboxylic acids is 1. The highest BCUT2D eigenvalue weighted by Gasteiger charge is 2.27. The van der Waals surface area contributed by atoms with Crippen LogP contribution >= 0.6 is 0 Å². The quantitative estimate of drug-likeness (QED) is 0.555. The fourth-order valence-electron chi connectivity index (χ4n) is 3.97. The van der Waals surface area contributed by atoms with Crippen molar-refractivity contribution in [1.29, 1.82) is 0 Å². The van der Waals surface area contributed by atoms with Crippen LogP contribution in [0.15, 0.2) is 66.7 Å². The van der Waals surface area contributed by atoms with Crippen LogP contribution in [-0.2, 0) is 9.53 Å². The Morgan fingerprint density at radius 2 is 1.94 bits per heavy atom. The summed E-state index contributed by atoms with van der Waals surface area (Å²) in [5.41, 5.74) is 5.71. The van der Waals surface area contributed by atoms with Gasteiger partial charge < -0.3 is 24.8 Å². The minimum absolute atomic E-state index is 0.0406. The number of methoxy groups -OCH3 is 1. The second-order valence-corrected chi connectivity index (χ2v) is 7.73. The molecule has 0 aromatic heterocycles. The van der Waals surface area contributed by atoms with Crippen LogP contribution in [-0.4, -0.2) is 32.8 Å². The molecule has 1 unspecified atom stereocenters. The molecule has 0 fully saturated rings. The van der Waals surface area contributed by atoms with Gasteiger partial charge in [-0.1, -0.05) is 36.4 Å². The minimum atomic E-state index is -0.281. The highest BCUT2D eigenvalue weighted by Crippen LogP contribution is 2.44. The average Bonchev–Trinajstić information content (AvgIpc) is 2.83. The molecule has 0 bridgehead atoms. The number of benzene rings is 3. The van der Waals surface area contributed by atoms with Crippen LogP contribution in [0.25, 0.3) is 11.6 Å². The van der Waals surface area contributed by atoms with E-state index >= 15 is 0 Å². The van der Waals surface area contributed by atoms with Gasteiger partial charge in [-0.2, -0.15) is 0 Å². The Morgan fingerprint density at radius 1 is 1.06 bits per heavy atom. The van der Waals surface area contributed by atoms with E-state index in [2.05, 4.69) is 34.9 Å². The molecule has 0 radical (unpaired) electrons. The van der Waals surface area contributed by atoms with Crippen molar-refractivity contribution in [1.82, 2.24) is 0 Å². The van der Waals surface area contributed by atoms with Crippen molar-refractivity contribution in [3.8, 4) is 11.5 Å². The van der Waals surface area contributed by atoms with Gasteiger partial charge in [-0.25, -0.2) is 0 Å². The van der Waals surface area contributed by atoms with Gasteiger partial charge in [-0.05, 0) is 41.5 Å². The average molecular weight is 428 g/mol. The summed E-state index contributed by atoms with van der Waals surface area (Å²) in [5.74, 6) is 1.34. The van der Waals surface area contributed by atoms with Gasteiger partial charge in [0.2, 0.25) is 0 Å². The molecule has 6 heteroatoms. The summed E-state index contributed by atoms with van der Waals surface area (Å²) in [5, 5.41) is 6.25. The molecule has 3 aromatic carbocycles. The summed E-state index contributed by atoms with van der Waals surface area (Å²) >= 11 is 0. The Hall–Kier alpha value is -3.77. The van der Waals surface area contributed by atoms with E-state index in [4.69, 9.17) is 14.2 Å². The van der Waals surface area contributed by atoms with E-state index in [0.29, 0.717) is 18.0 Å². The number of fused-ring (bicyclic) bond motifs is 2. The van der Waals surface area contributed by atoms with Crippen LogP contribution < -0.4 is 20.1 Å². The molecule has 5 rings (SSSR count). The SMILES string of the molecule is COCCNc1ccc2c(c1)OC(c1ccccc1)C(c1ccc3c(c1)NC(=O)CO3)=C2. The molecule has 1 atom stereocenters. The van der Waals surface area contributed by atoms with Crippen LogP contribution in [0.3, 0.4) is 0 Å². The van der Waals surface area contributed by atoms with Crippen LogP contribution in [0.1, 0.15) is 22.8 Å². The first-order chi connectivity index (χ1) is 15.7. The summed E-state index contributed by atoms with van der Waals surface area (Å²) in [7, 11) is 1.69. The molecule has 162 valence electrons. The Kier molecular flexibility index (Phi) is 5.52. The number of rotatable bonds is 6. The lowest BCUT2D eigenvalue weighted by atomic mass is 9.90. The molecule has 6 nitrogen and oxygen atoms in total. The molecular formula is C26H24N2O4. The van der Waals surface area contributed by atoms with E-state index in [1.165, 1.54) is 0 Å². The van der Waals surface area contributed by atoms with Gasteiger partial charge in [0, 0.05) is 36.5 Å². The zero-order valence-electron chi connectivity index (χ0n) is 17.8. The zero-order valence-corrected chi connectivity index (χ0v) is 17.8. The van der Waals surface area contributed by atoms with Crippen molar-refractivity contribution >= 4 is 28.9 Å². The van der Waals surface area contributed by atoms with Gasteiger partial charge in [0.15, 0.2) is 6.61 Å². The summed E-state index contributed by atoms with van der Waals surface area (Å²) in [6.07, 6.45) is 1.87. The van der Waals surface area contributed by atoms with Gasteiger partial charge in [-0.3, -0.25) is 4.79 Å². The van der Waals surface area contributed by atoms with Gasteiger partial charge in [0.25, 0.3) is 5.91 Å². The zero-order chi connectivity index (χ0) is 21.9. The Bertz CT molecular complexity index is 1170. The normalized spacial score (nSPS) is 16.6. The fourth-order valence-corrected chi connectivity index (χ4v) is 3.97. The van der Waals surface area contributed by atoms with Gasteiger partial charge in [0.05, 0.1) is 12.3 Å². The maximum atomic E-state index is 11.8. The van der Waals surface area contributed by atoms with Gasteiger partial charge in [-0.15, -0.1) is 0 Å². The van der Waals surface area contributed by atoms with Crippen LogP contribution in [0.2, 0.25) is 0 Å². The molecular weight excluding hydrogens is 404 g/mol. The summed E-state index contributed by atoms with van der Waals surface area (Å²) < 4.78 is 17.2. The maximum Gasteiger partial charge on any atom is 0.262 e. The van der Waals surface area contributed by atoms with E-state index in [9.17, 15) is 4.79 Å². The lowest BCUT2D eigenvalue weighted by Gasteiger charge is -2.29. The smallest absolute Gasteiger partial charge is 0.262 e. The first-order valence-electron chi connectivity index (χ1n) is 10.6. The molecule has 2 aliphatic rings. The third-order valence-electron chi connectivity index (χ3n) is 5.54. The molecule has 1 amide bonds. The second-order valence-electron chi connectivity index (χ2n) is 7.73. The first kappa shape index (κ1) is 20.2. The van der Waals surface area contributed by atoms with Crippen molar-refractivity contribution < 1.29 is 19.0 Å². The number of ether oxygens (including phenoxy) is 3. The van der Waals surface area contributed by atoms with Crippen molar-refractivity contribution in [2.75, 3.05) is 37.5 Å². The van der Waals surface area contributed by atoms with Crippen molar-refractivity contribution in [2.45, 2.75) is 6.10 Å². The number of hydrogen-bond donors (Lipinski definition) is 2. The van der Waals surface area contributed by atoms with E-state index in [-0.39, 0.29) is 18.6 Å². The maximum absolute atomic E-state index is 11.8. The van der Waals surface area contributed by atoms with Gasteiger partial charge in [0.1, 0.15) is 17.6 Å². The highest BCUT2D eigenvalue weighted by atomic mass is 16.5. The number of anilines is 2. The number of hydrogen-bond acceptors (Lipinski definition) is 5. The summed E-state index contributed by atoms with van der Waals surface area (Å²) in [4.78, 5) is 11.8. The predicted octanol–water partition coefficient (Wildman–Crippen LogP) is 4.75. The second kappa shape index (κ2) is 8.77. The third kappa shape index (κ3) is 4.05. The van der Waals surface area contributed by atoms with E-state index < -0.39 is 0 Å². The number of amides is 1. The Labute approximate surface area is 186 Å². The summed E-state index contributed by atoms with van der Waals surface area (Å²) in [6.45, 7) is 1.40. The monoisotopic (exact) mass is 428 g/mol. The Balaban J connectivity index is 1.55. The molecule has 32 heavy (non-hydrogen) atoms. The molecule has 0 aliphatic carbocycles. The molecule has 2 aliphatic heterocycles. The van der Waals surface area contributed by atoms with Crippen molar-refractivity contribution in [3.63, 3.8) is 0 Å². The third-order valence-corrected chi connectivity index (χ3v) is 5.54. The standard InChI is InChI=1S/C26H24N2O4/c1-30-12-11-27-20-9-7-19-13-21(18-8-10-23-22(14-18)28-25(29)16-31-23)26(32-24(19)15-20)17-5-3-2-4-6-17/h2-10,13-15,26-27H,11-12,16H2,1H3,(H,28,29). The number of nitrogens with one attached hydrogen (secondary N) is 2. The van der Waals surface area contributed by atoms with Crippen LogP contribution in [0.5, 0.6) is 11.5 Å². The van der Waals surface area contributed by atoms with Crippen molar-refractivity contribution in [2.24, 2.45) is 0 Å². The molecule has 3 aromatic rings. The van der Waals surface area contributed by atoms with E-state index in [1.54, 1.807) is 7.11 Å². The first-order valence-corrected chi connectivity index (χ1v) is 10.6. The summed E-state index contributed by atoms with van der Waals surface area (Å²) in [6, 6.07) is 22.1. The molecule has 2 heterocycles. The van der Waals surface area contributed by atoms with Crippen LogP contribution in [0.4, 0.5) is 11.4 Å². The van der Waals surface area contributed by atoms with E-state index in [1.807, 2.05) is 48.5 Å². The van der Waals surface area contributed by atoms with Crippen LogP contribution in [0, 0.1) is 0 Å². The van der Waals surface area contributed by atoms with Crippen molar-refractivity contribution in [3.05, 3.63) is 83.4 Å². The van der Waals surface area contributed by atoms with E-state index in [0.717, 1.165) is 40.2 Å². The lowest BCUT2D eigenvalue weighted by molar-refractivity contribution is -0.118. The molecule has 0 spiro atoms. The minimum Gasteiger partial charge on any atom is -0.482 e. The van der Waals surface area contributed by atoms with Gasteiger partial charge >= 0.3 is 0 Å². The largest absolute Gasteiger partial charge is 0.482 e. The topological polar surface area (TPSA) is 68.8 Å².